The lowest BCUT2D eigenvalue weighted by Gasteiger charge is -2.26. The van der Waals surface area contributed by atoms with E-state index in [1.807, 2.05) is 27.7 Å². The molecule has 3 unspecified atom stereocenters. The summed E-state index contributed by atoms with van der Waals surface area (Å²) in [7, 11) is -1.44. The van der Waals surface area contributed by atoms with Gasteiger partial charge in [0.05, 0.1) is 17.9 Å². The van der Waals surface area contributed by atoms with Gasteiger partial charge >= 0.3 is 5.97 Å². The molecule has 2 aliphatic rings. The van der Waals surface area contributed by atoms with Crippen molar-refractivity contribution in [3.8, 4) is 11.8 Å². The van der Waals surface area contributed by atoms with Crippen molar-refractivity contribution in [2.24, 2.45) is 11.1 Å². The molecule has 35 heavy (non-hydrogen) atoms. The minimum atomic E-state index is -1.44. The van der Waals surface area contributed by atoms with Gasteiger partial charge in [-0.05, 0) is 38.8 Å². The van der Waals surface area contributed by atoms with Gasteiger partial charge < -0.3 is 9.57 Å². The lowest BCUT2D eigenvalue weighted by atomic mass is 9.96. The molecule has 7 heteroatoms. The molecule has 3 rings (SSSR count). The maximum atomic E-state index is 14.3. The molecule has 0 aromatic heterocycles. The van der Waals surface area contributed by atoms with Crippen LogP contribution >= 0.6 is 0 Å². The number of nitrogens with zero attached hydrogens (tertiary/aromatic N) is 1. The van der Waals surface area contributed by atoms with Gasteiger partial charge in [0, 0.05) is 41.4 Å². The second kappa shape index (κ2) is 17.3. The zero-order valence-corrected chi connectivity index (χ0v) is 23.8. The Morgan fingerprint density at radius 1 is 1.23 bits per heavy atom. The van der Waals surface area contributed by atoms with E-state index in [2.05, 4.69) is 30.8 Å². The maximum Gasteiger partial charge on any atom is 0.324 e. The molecule has 198 valence electrons. The number of esters is 1. The lowest BCUT2D eigenvalue weighted by molar-refractivity contribution is -0.146. The predicted molar refractivity (Wildman–Crippen MR) is 144 cm³/mol. The monoisotopic (exact) mass is 509 g/mol. The Morgan fingerprint density at radius 3 is 2.31 bits per heavy atom. The molecular weight excluding hydrogens is 465 g/mol. The number of rotatable bonds is 6. The van der Waals surface area contributed by atoms with Crippen LogP contribution in [0.1, 0.15) is 98.6 Å². The summed E-state index contributed by atoms with van der Waals surface area (Å²) in [6.07, 6.45) is 5.09. The first kappa shape index (κ1) is 32.8. The first-order valence-electron chi connectivity index (χ1n) is 12.8. The van der Waals surface area contributed by atoms with Crippen LogP contribution in [0.5, 0.6) is 0 Å². The molecule has 1 aliphatic heterocycles. The summed E-state index contributed by atoms with van der Waals surface area (Å²) in [4.78, 5) is 17.7. The normalized spacial score (nSPS) is 18.1. The topological polar surface area (TPSA) is 65.0 Å². The molecule has 3 atom stereocenters. The van der Waals surface area contributed by atoms with E-state index >= 15 is 0 Å². The largest absolute Gasteiger partial charge is 0.465 e. The molecule has 0 N–H and O–H groups in total. The van der Waals surface area contributed by atoms with E-state index < -0.39 is 27.6 Å². The van der Waals surface area contributed by atoms with E-state index in [1.165, 1.54) is 18.7 Å². The van der Waals surface area contributed by atoms with E-state index in [4.69, 9.17) is 9.57 Å². The Bertz CT molecular complexity index is 902. The average Bonchev–Trinajstić information content (AvgIpc) is 3.57. The van der Waals surface area contributed by atoms with Gasteiger partial charge in [-0.3, -0.25) is 9.00 Å². The van der Waals surface area contributed by atoms with Crippen LogP contribution in [0.3, 0.4) is 0 Å². The summed E-state index contributed by atoms with van der Waals surface area (Å²) in [5.41, 5.74) is 1.59. The fourth-order valence-corrected chi connectivity index (χ4v) is 3.66. The quantitative estimate of drug-likeness (QED) is 0.318. The van der Waals surface area contributed by atoms with Crippen molar-refractivity contribution in [2.45, 2.75) is 98.3 Å². The summed E-state index contributed by atoms with van der Waals surface area (Å²) in [5, 5.41) is 4.05. The van der Waals surface area contributed by atoms with Crippen LogP contribution in [0, 0.1) is 23.6 Å². The van der Waals surface area contributed by atoms with Crippen LogP contribution in [-0.4, -0.2) is 39.6 Å². The van der Waals surface area contributed by atoms with Gasteiger partial charge in [-0.2, -0.15) is 0 Å². The van der Waals surface area contributed by atoms with Crippen LogP contribution in [0.2, 0.25) is 0 Å². The van der Waals surface area contributed by atoms with E-state index in [-0.39, 0.29) is 18.8 Å². The number of oxime groups is 1. The van der Waals surface area contributed by atoms with Gasteiger partial charge in [0.15, 0.2) is 0 Å². The molecule has 0 saturated heterocycles. The van der Waals surface area contributed by atoms with E-state index in [0.717, 1.165) is 12.8 Å². The first-order chi connectivity index (χ1) is 16.7. The summed E-state index contributed by atoms with van der Waals surface area (Å²) in [6, 6.07) is 4.83. The van der Waals surface area contributed by atoms with E-state index in [1.54, 1.807) is 26.0 Å². The van der Waals surface area contributed by atoms with Crippen molar-refractivity contribution in [3.05, 3.63) is 35.1 Å². The molecule has 5 nitrogen and oxygen atoms in total. The summed E-state index contributed by atoms with van der Waals surface area (Å²) in [6.45, 7) is 15.8. The Morgan fingerprint density at radius 2 is 1.83 bits per heavy atom. The average molecular weight is 510 g/mol. The Hall–Kier alpha value is -2.20. The van der Waals surface area contributed by atoms with Crippen molar-refractivity contribution in [1.82, 2.24) is 0 Å². The van der Waals surface area contributed by atoms with E-state index in [9.17, 15) is 13.4 Å². The molecule has 0 spiro atoms. The zero-order valence-electron chi connectivity index (χ0n) is 23.0. The molecule has 0 radical (unpaired) electrons. The number of hydrogen-bond donors (Lipinski definition) is 0. The second-order valence-electron chi connectivity index (χ2n) is 8.02. The number of benzene rings is 1. The third-order valence-corrected chi connectivity index (χ3v) is 6.58. The summed E-state index contributed by atoms with van der Waals surface area (Å²) < 4.78 is 30.4. The number of ether oxygens (including phenoxy) is 1. The third-order valence-electron chi connectivity index (χ3n) is 4.98. The van der Waals surface area contributed by atoms with Crippen LogP contribution in [0.25, 0.3) is 0 Å². The zero-order chi connectivity index (χ0) is 27.0. The number of halogens is 1. The Labute approximate surface area is 214 Å². The minimum Gasteiger partial charge on any atom is -0.465 e. The minimum absolute atomic E-state index is 0.204. The Kier molecular flexibility index (Phi) is 16.2. The van der Waals surface area contributed by atoms with Gasteiger partial charge in [0.1, 0.15) is 16.7 Å². The predicted octanol–water partition coefficient (Wildman–Crippen LogP) is 6.64. The molecule has 1 heterocycles. The first-order valence-corrected chi connectivity index (χ1v) is 14.4. The maximum absolute atomic E-state index is 14.3. The van der Waals surface area contributed by atoms with Gasteiger partial charge in [-0.15, -0.1) is 0 Å². The fourth-order valence-electron chi connectivity index (χ4n) is 2.95. The molecule has 1 fully saturated rings. The summed E-state index contributed by atoms with van der Waals surface area (Å²) >= 11 is 0. The second-order valence-corrected chi connectivity index (χ2v) is 9.83. The smallest absolute Gasteiger partial charge is 0.324 e. The van der Waals surface area contributed by atoms with Crippen molar-refractivity contribution in [2.75, 3.05) is 12.9 Å². The number of carbonyl (C=O) groups excluding carboxylic acids is 1. The fraction of sp³-hybridized carbons (Fsp3) is 0.643. The standard InChI is InChI=1S/C21H24FNO4S.C3H8.2C2H6/c1-4-26-20(24)21(2,28(3)25)13-17-12-19(23-27-17)16-10-9-15(18(22)11-16)8-7-14-5-6-14;1-3-2;2*1-2/h9-11,14,17H,4-6,12-13H2,1-3H3;3H2,1-2H3;2*1-2H3. The van der Waals surface area contributed by atoms with Gasteiger partial charge in [0.25, 0.3) is 0 Å². The molecule has 1 saturated carbocycles. The van der Waals surface area contributed by atoms with Crippen molar-refractivity contribution < 1.29 is 23.0 Å². The van der Waals surface area contributed by atoms with Crippen molar-refractivity contribution in [3.63, 3.8) is 0 Å². The van der Waals surface area contributed by atoms with Gasteiger partial charge in [-0.1, -0.05) is 71.0 Å². The molecule has 0 bridgehead atoms. The molecule has 1 aliphatic carbocycles. The van der Waals surface area contributed by atoms with Crippen LogP contribution in [0.15, 0.2) is 23.4 Å². The molecule has 1 aromatic rings. The third kappa shape index (κ3) is 10.5. The van der Waals surface area contributed by atoms with Crippen molar-refractivity contribution >= 4 is 22.5 Å². The molecule has 1 aromatic carbocycles. The Balaban J connectivity index is 0.00000150. The highest BCUT2D eigenvalue weighted by Crippen LogP contribution is 2.29. The highest BCUT2D eigenvalue weighted by molar-refractivity contribution is 7.86. The highest BCUT2D eigenvalue weighted by Gasteiger charge is 2.43. The highest BCUT2D eigenvalue weighted by atomic mass is 32.2. The number of hydrogen-bond acceptors (Lipinski definition) is 5. The molecule has 0 amide bonds. The van der Waals surface area contributed by atoms with E-state index in [0.29, 0.717) is 29.2 Å². The summed E-state index contributed by atoms with van der Waals surface area (Å²) in [5.74, 6) is 5.44. The molecular formula is C28H44FNO4S. The van der Waals surface area contributed by atoms with Gasteiger partial charge in [-0.25, -0.2) is 4.39 Å². The van der Waals surface area contributed by atoms with Crippen LogP contribution in [-0.2, 0) is 25.2 Å². The van der Waals surface area contributed by atoms with Crippen molar-refractivity contribution in [1.29, 1.82) is 0 Å². The van der Waals surface area contributed by atoms with Gasteiger partial charge in [0.2, 0.25) is 0 Å². The SMILES string of the molecule is CC.CC.CCC.CCOC(=O)C(C)(CC1CC(c2ccc(C#CC3CC3)c(F)c2)=NO1)S(C)=O. The van der Waals surface area contributed by atoms with Crippen LogP contribution in [0.4, 0.5) is 4.39 Å². The van der Waals surface area contributed by atoms with Crippen LogP contribution < -0.4 is 0 Å². The lowest BCUT2D eigenvalue weighted by Crippen LogP contribution is -2.44. The number of carbonyl (C=O) groups is 1.